The number of hydrogen-bond donors (Lipinski definition) is 0. The Labute approximate surface area is 172 Å². The minimum atomic E-state index is 0.102. The van der Waals surface area contributed by atoms with E-state index in [1.54, 1.807) is 24.5 Å². The molecule has 0 saturated carbocycles. The summed E-state index contributed by atoms with van der Waals surface area (Å²) >= 11 is 0. The number of likely N-dealkylation sites (tertiary alicyclic amines) is 2. The van der Waals surface area contributed by atoms with Crippen LogP contribution in [0.2, 0.25) is 0 Å². The number of aryl methyl sites for hydroxylation is 1. The Kier molecular flexibility index (Phi) is 6.23. The summed E-state index contributed by atoms with van der Waals surface area (Å²) in [5.41, 5.74) is 2.00. The summed E-state index contributed by atoms with van der Waals surface area (Å²) in [5.74, 6) is 0.753. The quantitative estimate of drug-likeness (QED) is 0.783. The van der Waals surface area contributed by atoms with Gasteiger partial charge in [0.15, 0.2) is 0 Å². The first-order valence-electron chi connectivity index (χ1n) is 10.7. The second-order valence-corrected chi connectivity index (χ2v) is 8.17. The molecule has 2 amide bonds. The maximum Gasteiger partial charge on any atom is 0.254 e. The second-order valence-electron chi connectivity index (χ2n) is 8.17. The second kappa shape index (κ2) is 9.21. The number of fused-ring (bicyclic) bond motifs is 1. The van der Waals surface area contributed by atoms with Crippen molar-refractivity contribution >= 4 is 11.8 Å². The van der Waals surface area contributed by atoms with Crippen LogP contribution in [-0.4, -0.2) is 52.3 Å². The van der Waals surface area contributed by atoms with E-state index in [9.17, 15) is 9.59 Å². The number of amides is 2. The molecule has 0 spiro atoms. The van der Waals surface area contributed by atoms with E-state index in [1.807, 2.05) is 28.0 Å². The van der Waals surface area contributed by atoms with Crippen LogP contribution in [-0.2, 0) is 11.2 Å². The van der Waals surface area contributed by atoms with Crippen molar-refractivity contribution in [2.24, 2.45) is 5.92 Å². The molecule has 2 aliphatic heterocycles. The van der Waals surface area contributed by atoms with E-state index in [0.29, 0.717) is 17.9 Å². The standard InChI is InChI=1S/C24H29N3O2/c28-23(10-4-8-19-6-2-1-3-7-19)26-17-13-22-21(18-26)9-5-16-27(22)24(29)20-11-14-25-15-12-20/h1-3,6-7,11-12,14-15,21-22H,4-5,8-10,13,16-18H2/t21-,22+/m1/s1. The zero-order valence-corrected chi connectivity index (χ0v) is 16.9. The number of benzene rings is 1. The molecule has 2 saturated heterocycles. The van der Waals surface area contributed by atoms with Crippen LogP contribution in [0.15, 0.2) is 54.9 Å². The molecule has 1 aromatic heterocycles. The van der Waals surface area contributed by atoms with E-state index >= 15 is 0 Å². The average Bonchev–Trinajstić information content (AvgIpc) is 2.79. The van der Waals surface area contributed by atoms with Crippen molar-refractivity contribution in [3.8, 4) is 0 Å². The molecule has 29 heavy (non-hydrogen) atoms. The minimum Gasteiger partial charge on any atom is -0.342 e. The van der Waals surface area contributed by atoms with Gasteiger partial charge < -0.3 is 9.80 Å². The molecule has 2 aromatic rings. The summed E-state index contributed by atoms with van der Waals surface area (Å²) in [7, 11) is 0. The summed E-state index contributed by atoms with van der Waals surface area (Å²) in [4.78, 5) is 33.8. The first-order chi connectivity index (χ1) is 14.2. The fourth-order valence-electron chi connectivity index (χ4n) is 4.79. The number of carbonyl (C=O) groups excluding carboxylic acids is 2. The smallest absolute Gasteiger partial charge is 0.254 e. The van der Waals surface area contributed by atoms with Crippen LogP contribution < -0.4 is 0 Å². The predicted octanol–water partition coefficient (Wildman–Crippen LogP) is 3.56. The molecule has 152 valence electrons. The molecule has 0 bridgehead atoms. The fourth-order valence-corrected chi connectivity index (χ4v) is 4.79. The Morgan fingerprint density at radius 1 is 1.00 bits per heavy atom. The molecular weight excluding hydrogens is 362 g/mol. The monoisotopic (exact) mass is 391 g/mol. The van der Waals surface area contributed by atoms with Crippen molar-refractivity contribution in [1.29, 1.82) is 0 Å². The van der Waals surface area contributed by atoms with Gasteiger partial charge in [0, 0.05) is 50.1 Å². The van der Waals surface area contributed by atoms with Gasteiger partial charge in [0.2, 0.25) is 5.91 Å². The van der Waals surface area contributed by atoms with E-state index < -0.39 is 0 Å². The van der Waals surface area contributed by atoms with Crippen molar-refractivity contribution in [2.45, 2.75) is 44.6 Å². The van der Waals surface area contributed by atoms with Crippen LogP contribution in [0.25, 0.3) is 0 Å². The highest BCUT2D eigenvalue weighted by Gasteiger charge is 2.39. The van der Waals surface area contributed by atoms with Crippen molar-refractivity contribution in [2.75, 3.05) is 19.6 Å². The molecule has 2 atom stereocenters. The van der Waals surface area contributed by atoms with Crippen molar-refractivity contribution in [3.05, 3.63) is 66.0 Å². The Hall–Kier alpha value is -2.69. The van der Waals surface area contributed by atoms with Crippen LogP contribution in [0.4, 0.5) is 0 Å². The zero-order chi connectivity index (χ0) is 20.1. The minimum absolute atomic E-state index is 0.102. The number of piperidine rings is 2. The van der Waals surface area contributed by atoms with Gasteiger partial charge in [0.1, 0.15) is 0 Å². The largest absolute Gasteiger partial charge is 0.342 e. The van der Waals surface area contributed by atoms with Gasteiger partial charge in [0.25, 0.3) is 5.91 Å². The van der Waals surface area contributed by atoms with Gasteiger partial charge >= 0.3 is 0 Å². The van der Waals surface area contributed by atoms with Crippen molar-refractivity contribution in [1.82, 2.24) is 14.8 Å². The third-order valence-electron chi connectivity index (χ3n) is 6.31. The van der Waals surface area contributed by atoms with Crippen LogP contribution in [0.3, 0.4) is 0 Å². The third-order valence-corrected chi connectivity index (χ3v) is 6.31. The fraction of sp³-hybridized carbons (Fsp3) is 0.458. The molecule has 0 unspecified atom stereocenters. The third kappa shape index (κ3) is 4.66. The van der Waals surface area contributed by atoms with Gasteiger partial charge in [-0.2, -0.15) is 0 Å². The Morgan fingerprint density at radius 2 is 1.79 bits per heavy atom. The first kappa shape index (κ1) is 19.6. The Balaban J connectivity index is 1.31. The summed E-state index contributed by atoms with van der Waals surface area (Å²) < 4.78 is 0. The SMILES string of the molecule is O=C(CCCc1ccccc1)N1CC[C@H]2[C@H](CCCN2C(=O)c2ccncc2)C1. The number of hydrogen-bond acceptors (Lipinski definition) is 3. The van der Waals surface area contributed by atoms with Crippen LogP contribution in [0.1, 0.15) is 48.0 Å². The van der Waals surface area contributed by atoms with Gasteiger partial charge in [-0.05, 0) is 55.7 Å². The van der Waals surface area contributed by atoms with Crippen molar-refractivity contribution in [3.63, 3.8) is 0 Å². The highest BCUT2D eigenvalue weighted by atomic mass is 16.2. The van der Waals surface area contributed by atoms with Gasteiger partial charge in [-0.1, -0.05) is 30.3 Å². The number of carbonyl (C=O) groups is 2. The molecule has 0 aliphatic carbocycles. The predicted molar refractivity (Wildman–Crippen MR) is 112 cm³/mol. The van der Waals surface area contributed by atoms with Crippen LogP contribution >= 0.6 is 0 Å². The zero-order valence-electron chi connectivity index (χ0n) is 16.9. The number of rotatable bonds is 5. The highest BCUT2D eigenvalue weighted by molar-refractivity contribution is 5.94. The maximum atomic E-state index is 13.0. The molecule has 3 heterocycles. The highest BCUT2D eigenvalue weighted by Crippen LogP contribution is 2.32. The topological polar surface area (TPSA) is 53.5 Å². The van der Waals surface area contributed by atoms with Crippen LogP contribution in [0, 0.1) is 5.92 Å². The maximum absolute atomic E-state index is 13.0. The van der Waals surface area contributed by atoms with Gasteiger partial charge in [0.05, 0.1) is 0 Å². The molecular formula is C24H29N3O2. The molecule has 1 aromatic carbocycles. The average molecular weight is 392 g/mol. The molecule has 2 aliphatic rings. The molecule has 5 heteroatoms. The summed E-state index contributed by atoms with van der Waals surface area (Å²) in [6.07, 6.45) is 8.77. The molecule has 0 N–H and O–H groups in total. The molecule has 0 radical (unpaired) electrons. The lowest BCUT2D eigenvalue weighted by Gasteiger charge is -2.47. The van der Waals surface area contributed by atoms with Gasteiger partial charge in [-0.15, -0.1) is 0 Å². The molecule has 2 fully saturated rings. The molecule has 5 nitrogen and oxygen atoms in total. The lowest BCUT2D eigenvalue weighted by Crippen LogP contribution is -2.56. The number of nitrogens with zero attached hydrogens (tertiary/aromatic N) is 3. The van der Waals surface area contributed by atoms with Gasteiger partial charge in [-0.25, -0.2) is 0 Å². The molecule has 4 rings (SSSR count). The first-order valence-corrected chi connectivity index (χ1v) is 10.7. The summed E-state index contributed by atoms with van der Waals surface area (Å²) in [5, 5.41) is 0. The normalized spacial score (nSPS) is 21.5. The lowest BCUT2D eigenvalue weighted by atomic mass is 9.83. The number of aromatic nitrogens is 1. The van der Waals surface area contributed by atoms with Crippen LogP contribution in [0.5, 0.6) is 0 Å². The van der Waals surface area contributed by atoms with E-state index in [0.717, 1.165) is 51.7 Å². The summed E-state index contributed by atoms with van der Waals surface area (Å²) in [6.45, 7) is 2.35. The van der Waals surface area contributed by atoms with E-state index in [2.05, 4.69) is 17.1 Å². The lowest BCUT2D eigenvalue weighted by molar-refractivity contribution is -0.134. The van der Waals surface area contributed by atoms with Crippen molar-refractivity contribution < 1.29 is 9.59 Å². The van der Waals surface area contributed by atoms with E-state index in [-0.39, 0.29) is 17.9 Å². The van der Waals surface area contributed by atoms with Gasteiger partial charge in [-0.3, -0.25) is 14.6 Å². The van der Waals surface area contributed by atoms with E-state index in [1.165, 1.54) is 5.56 Å². The Bertz CT molecular complexity index is 825. The number of pyridine rings is 1. The Morgan fingerprint density at radius 3 is 2.59 bits per heavy atom. The van der Waals surface area contributed by atoms with E-state index in [4.69, 9.17) is 0 Å². The summed E-state index contributed by atoms with van der Waals surface area (Å²) in [6, 6.07) is 14.2.